The first kappa shape index (κ1) is 27.9. The molecule has 0 radical (unpaired) electrons. The van der Waals surface area contributed by atoms with Crippen LogP contribution < -0.4 is 10.1 Å². The highest BCUT2D eigenvalue weighted by Crippen LogP contribution is 2.37. The highest BCUT2D eigenvalue weighted by Gasteiger charge is 2.31. The fourth-order valence-corrected chi connectivity index (χ4v) is 5.67. The second-order valence-electron chi connectivity index (χ2n) is 9.60. The lowest BCUT2D eigenvalue weighted by Crippen LogP contribution is -2.43. The summed E-state index contributed by atoms with van der Waals surface area (Å²) in [6.45, 7) is 6.84. The van der Waals surface area contributed by atoms with Crippen LogP contribution in [0.3, 0.4) is 0 Å². The zero-order valence-electron chi connectivity index (χ0n) is 21.1. The smallest absolute Gasteiger partial charge is 0.254 e. The van der Waals surface area contributed by atoms with Gasteiger partial charge in [-0.2, -0.15) is 0 Å². The number of hydrogen-bond acceptors (Lipinski definition) is 4. The van der Waals surface area contributed by atoms with E-state index >= 15 is 0 Å². The van der Waals surface area contributed by atoms with E-state index in [1.54, 1.807) is 0 Å². The number of amides is 1. The molecule has 0 bridgehead atoms. The van der Waals surface area contributed by atoms with E-state index < -0.39 is 0 Å². The summed E-state index contributed by atoms with van der Waals surface area (Å²) in [6.07, 6.45) is 5.80. The number of aryl methyl sites for hydroxylation is 1. The van der Waals surface area contributed by atoms with Crippen LogP contribution in [0, 0.1) is 12.8 Å². The van der Waals surface area contributed by atoms with E-state index in [1.165, 1.54) is 18.0 Å². The Morgan fingerprint density at radius 1 is 1.11 bits per heavy atom. The Bertz CT molecular complexity index is 1180. The van der Waals surface area contributed by atoms with E-state index in [0.717, 1.165) is 48.1 Å². The van der Waals surface area contributed by atoms with Crippen molar-refractivity contribution in [3.63, 3.8) is 0 Å². The van der Waals surface area contributed by atoms with E-state index in [9.17, 15) is 4.79 Å². The largest absolute Gasteiger partial charge is 0.485 e. The SMILES string of the molecule is Cc1ccccc1OC(c1ccc(Br)cc1)C1CCN(C(C)CCNC(=O)c2c(Cl)cncc2Cl)CC1. The standard InChI is InChI=1S/C29H32BrCl2N3O2/c1-19-5-3-4-6-26(19)37-28(21-7-9-23(30)10-8-21)22-12-15-35(16-13-22)20(2)11-14-34-29(36)27-24(31)17-33-18-25(27)32/h3-10,17-18,20,22,28H,11-16H2,1-2H3,(H,34,36). The van der Waals surface area contributed by atoms with E-state index in [2.05, 4.69) is 81.4 Å². The summed E-state index contributed by atoms with van der Waals surface area (Å²) in [4.78, 5) is 19.0. The number of hydrogen-bond donors (Lipinski definition) is 1. The van der Waals surface area contributed by atoms with Gasteiger partial charge in [-0.15, -0.1) is 0 Å². The van der Waals surface area contributed by atoms with Gasteiger partial charge in [0.2, 0.25) is 0 Å². The van der Waals surface area contributed by atoms with Crippen LogP contribution in [0.15, 0.2) is 65.4 Å². The topological polar surface area (TPSA) is 54.5 Å². The van der Waals surface area contributed by atoms with E-state index in [1.807, 2.05) is 12.1 Å². The molecule has 37 heavy (non-hydrogen) atoms. The zero-order valence-corrected chi connectivity index (χ0v) is 24.2. The number of para-hydroxylation sites is 1. The number of nitrogens with one attached hydrogen (secondary N) is 1. The van der Waals surface area contributed by atoms with Gasteiger partial charge in [0.1, 0.15) is 11.9 Å². The predicted molar refractivity (Wildman–Crippen MR) is 154 cm³/mol. The van der Waals surface area contributed by atoms with Crippen molar-refractivity contribution in [1.82, 2.24) is 15.2 Å². The second kappa shape index (κ2) is 13.1. The molecule has 1 aliphatic heterocycles. The molecule has 8 heteroatoms. The van der Waals surface area contributed by atoms with Gasteiger partial charge in [-0.25, -0.2) is 0 Å². The summed E-state index contributed by atoms with van der Waals surface area (Å²) in [5.74, 6) is 1.09. The number of benzene rings is 2. The first-order chi connectivity index (χ1) is 17.8. The van der Waals surface area contributed by atoms with Crippen LogP contribution in [0.25, 0.3) is 0 Å². The van der Waals surface area contributed by atoms with Gasteiger partial charge in [0.15, 0.2) is 0 Å². The van der Waals surface area contributed by atoms with Crippen LogP contribution in [-0.4, -0.2) is 41.5 Å². The van der Waals surface area contributed by atoms with Crippen LogP contribution in [0.4, 0.5) is 0 Å². The van der Waals surface area contributed by atoms with Crippen molar-refractivity contribution in [2.75, 3.05) is 19.6 Å². The predicted octanol–water partition coefficient (Wildman–Crippen LogP) is 7.50. The molecule has 1 fully saturated rings. The number of carbonyl (C=O) groups is 1. The second-order valence-corrected chi connectivity index (χ2v) is 11.3. The van der Waals surface area contributed by atoms with Crippen molar-refractivity contribution >= 4 is 45.0 Å². The molecule has 196 valence electrons. The van der Waals surface area contributed by atoms with E-state index in [4.69, 9.17) is 27.9 Å². The van der Waals surface area contributed by atoms with E-state index in [-0.39, 0.29) is 27.6 Å². The van der Waals surface area contributed by atoms with Crippen molar-refractivity contribution in [2.45, 2.75) is 45.3 Å². The van der Waals surface area contributed by atoms with Gasteiger partial charge in [0.25, 0.3) is 5.91 Å². The molecule has 1 N–H and O–H groups in total. The van der Waals surface area contributed by atoms with Crippen LogP contribution in [-0.2, 0) is 0 Å². The maximum absolute atomic E-state index is 12.6. The molecule has 2 aromatic carbocycles. The summed E-state index contributed by atoms with van der Waals surface area (Å²) in [5.41, 5.74) is 2.63. The number of aromatic nitrogens is 1. The monoisotopic (exact) mass is 603 g/mol. The molecule has 2 atom stereocenters. The molecule has 0 saturated carbocycles. The van der Waals surface area contributed by atoms with Crippen molar-refractivity contribution < 1.29 is 9.53 Å². The molecule has 2 unspecified atom stereocenters. The number of likely N-dealkylation sites (tertiary alicyclic amines) is 1. The number of nitrogens with zero attached hydrogens (tertiary/aromatic N) is 2. The summed E-state index contributed by atoms with van der Waals surface area (Å²) in [7, 11) is 0. The van der Waals surface area contributed by atoms with Gasteiger partial charge in [0.05, 0.1) is 15.6 Å². The molecule has 3 aromatic rings. The van der Waals surface area contributed by atoms with Crippen LogP contribution in [0.1, 0.15) is 53.8 Å². The summed E-state index contributed by atoms with van der Waals surface area (Å²) < 4.78 is 7.72. The Morgan fingerprint density at radius 2 is 1.76 bits per heavy atom. The van der Waals surface area contributed by atoms with Gasteiger partial charge in [-0.05, 0) is 75.5 Å². The molecule has 1 amide bonds. The average molecular weight is 605 g/mol. The quantitative estimate of drug-likeness (QED) is 0.275. The summed E-state index contributed by atoms with van der Waals surface area (Å²) in [5, 5.41) is 3.47. The number of ether oxygens (including phenoxy) is 1. The molecule has 1 aromatic heterocycles. The maximum Gasteiger partial charge on any atom is 0.254 e. The van der Waals surface area contributed by atoms with Crippen molar-refractivity contribution in [3.8, 4) is 5.75 Å². The minimum absolute atomic E-state index is 0.000744. The first-order valence-corrected chi connectivity index (χ1v) is 14.2. The Hall–Kier alpha value is -2.12. The number of carbonyl (C=O) groups excluding carboxylic acids is 1. The lowest BCUT2D eigenvalue weighted by atomic mass is 9.86. The summed E-state index contributed by atoms with van der Waals surface area (Å²) >= 11 is 15.8. The average Bonchev–Trinajstić information content (AvgIpc) is 2.89. The molecular weight excluding hydrogens is 573 g/mol. The van der Waals surface area contributed by atoms with Crippen molar-refractivity contribution in [2.24, 2.45) is 5.92 Å². The minimum Gasteiger partial charge on any atom is -0.485 e. The van der Waals surface area contributed by atoms with Gasteiger partial charge in [-0.1, -0.05) is 69.5 Å². The lowest BCUT2D eigenvalue weighted by Gasteiger charge is -2.39. The molecule has 0 spiro atoms. The van der Waals surface area contributed by atoms with Crippen molar-refractivity contribution in [3.05, 3.63) is 92.1 Å². The highest BCUT2D eigenvalue weighted by atomic mass is 79.9. The third-order valence-electron chi connectivity index (χ3n) is 7.10. The molecule has 0 aliphatic carbocycles. The Morgan fingerprint density at radius 3 is 2.41 bits per heavy atom. The number of rotatable bonds is 9. The Kier molecular flexibility index (Phi) is 9.88. The highest BCUT2D eigenvalue weighted by molar-refractivity contribution is 9.10. The zero-order chi connectivity index (χ0) is 26.4. The van der Waals surface area contributed by atoms with Crippen LogP contribution in [0.5, 0.6) is 5.75 Å². The van der Waals surface area contributed by atoms with Gasteiger partial charge < -0.3 is 15.0 Å². The molecule has 2 heterocycles. The Labute approximate surface area is 237 Å². The van der Waals surface area contributed by atoms with Crippen molar-refractivity contribution in [1.29, 1.82) is 0 Å². The summed E-state index contributed by atoms with van der Waals surface area (Å²) in [6, 6.07) is 17.0. The third-order valence-corrected chi connectivity index (χ3v) is 8.20. The first-order valence-electron chi connectivity index (χ1n) is 12.6. The molecule has 4 rings (SSSR count). The number of pyridine rings is 1. The fourth-order valence-electron chi connectivity index (χ4n) is 4.87. The minimum atomic E-state index is -0.269. The third kappa shape index (κ3) is 7.26. The molecular formula is C29H32BrCl2N3O2. The van der Waals surface area contributed by atoms with Crippen LogP contribution >= 0.6 is 39.1 Å². The molecule has 1 aliphatic rings. The number of piperidine rings is 1. The van der Waals surface area contributed by atoms with Gasteiger partial charge >= 0.3 is 0 Å². The molecule has 5 nitrogen and oxygen atoms in total. The molecule has 1 saturated heterocycles. The lowest BCUT2D eigenvalue weighted by molar-refractivity contribution is 0.0602. The maximum atomic E-state index is 12.6. The van der Waals surface area contributed by atoms with E-state index in [0.29, 0.717) is 18.5 Å². The van der Waals surface area contributed by atoms with Crippen LogP contribution in [0.2, 0.25) is 10.0 Å². The normalized spacial score (nSPS) is 16.2. The Balaban J connectivity index is 1.33. The number of halogens is 3. The van der Waals surface area contributed by atoms with Gasteiger partial charge in [0, 0.05) is 35.4 Å². The fraction of sp³-hybridized carbons (Fsp3) is 0.379. The van der Waals surface area contributed by atoms with Gasteiger partial charge in [-0.3, -0.25) is 9.78 Å².